The van der Waals surface area contributed by atoms with Crippen LogP contribution in [0.15, 0.2) is 203 Å². The molecule has 0 unspecified atom stereocenters. The zero-order valence-electron chi connectivity index (χ0n) is 29.7. The van der Waals surface area contributed by atoms with Crippen LogP contribution in [-0.4, -0.2) is 4.98 Å². The minimum Gasteiger partial charge on any atom is -0.456 e. The highest BCUT2D eigenvalue weighted by Crippen LogP contribution is 2.44. The van der Waals surface area contributed by atoms with Crippen LogP contribution in [0.5, 0.6) is 0 Å². The van der Waals surface area contributed by atoms with Crippen LogP contribution in [0.1, 0.15) is 0 Å². The Morgan fingerprint density at radius 3 is 1.82 bits per heavy atom. The predicted octanol–water partition coefficient (Wildman–Crippen LogP) is 14.5. The molecule has 11 aromatic rings. The van der Waals surface area contributed by atoms with E-state index in [2.05, 4.69) is 150 Å². The zero-order valence-corrected chi connectivity index (χ0v) is 29.7. The average molecular weight is 705 g/mol. The van der Waals surface area contributed by atoms with Crippen molar-refractivity contribution in [1.29, 1.82) is 0 Å². The lowest BCUT2D eigenvalue weighted by molar-refractivity contribution is 0.617. The Kier molecular flexibility index (Phi) is 7.14. The maximum absolute atomic E-state index is 6.43. The number of hydrogen-bond acceptors (Lipinski definition) is 4. The van der Waals surface area contributed by atoms with Crippen molar-refractivity contribution in [2.45, 2.75) is 0 Å². The standard InChI is InChI=1S/C51H32N2O2/c1-3-12-33(13-4-1)38-17-11-18-40(30-38)53(41-29-24-35-23-22-34-14-7-8-19-42(34)44(35)31-41)39-27-25-36(26-28-39)48-49-43-20-9-10-21-45(43)54-46(49)32-47-50(48)52-51(55-47)37-15-5-2-6-16-37/h1-32H. The topological polar surface area (TPSA) is 42.4 Å². The van der Waals surface area contributed by atoms with E-state index < -0.39 is 0 Å². The van der Waals surface area contributed by atoms with Gasteiger partial charge in [0.25, 0.3) is 0 Å². The summed E-state index contributed by atoms with van der Waals surface area (Å²) in [4.78, 5) is 7.47. The highest BCUT2D eigenvalue weighted by Gasteiger charge is 2.22. The number of hydrogen-bond donors (Lipinski definition) is 0. The van der Waals surface area contributed by atoms with E-state index in [9.17, 15) is 0 Å². The summed E-state index contributed by atoms with van der Waals surface area (Å²) in [6.07, 6.45) is 0. The molecule has 0 amide bonds. The van der Waals surface area contributed by atoms with E-state index in [1.807, 2.05) is 48.5 Å². The first-order valence-electron chi connectivity index (χ1n) is 18.5. The zero-order chi connectivity index (χ0) is 36.3. The summed E-state index contributed by atoms with van der Waals surface area (Å²) in [6, 6.07) is 68.2. The molecule has 0 saturated heterocycles. The third-order valence-corrected chi connectivity index (χ3v) is 10.7. The molecule has 0 bridgehead atoms. The van der Waals surface area contributed by atoms with Gasteiger partial charge in [0.1, 0.15) is 16.7 Å². The molecule has 0 aliphatic carbocycles. The Morgan fingerprint density at radius 2 is 1.00 bits per heavy atom. The number of anilines is 3. The van der Waals surface area contributed by atoms with Crippen molar-refractivity contribution in [3.8, 4) is 33.7 Å². The summed E-state index contributed by atoms with van der Waals surface area (Å²) in [6.45, 7) is 0. The molecule has 4 nitrogen and oxygen atoms in total. The van der Waals surface area contributed by atoms with Crippen molar-refractivity contribution in [3.63, 3.8) is 0 Å². The van der Waals surface area contributed by atoms with Crippen LogP contribution in [0.25, 0.3) is 88.3 Å². The summed E-state index contributed by atoms with van der Waals surface area (Å²) in [5.74, 6) is 0.582. The molecule has 55 heavy (non-hydrogen) atoms. The third kappa shape index (κ3) is 5.26. The predicted molar refractivity (Wildman–Crippen MR) is 227 cm³/mol. The molecule has 4 heteroatoms. The molecule has 0 N–H and O–H groups in total. The van der Waals surface area contributed by atoms with Crippen LogP contribution in [0.3, 0.4) is 0 Å². The largest absolute Gasteiger partial charge is 0.456 e. The number of aromatic nitrogens is 1. The number of rotatable bonds is 6. The van der Waals surface area contributed by atoms with Gasteiger partial charge in [-0.15, -0.1) is 0 Å². The van der Waals surface area contributed by atoms with E-state index in [-0.39, 0.29) is 0 Å². The van der Waals surface area contributed by atoms with E-state index in [1.54, 1.807) is 0 Å². The summed E-state index contributed by atoms with van der Waals surface area (Å²) in [7, 11) is 0. The monoisotopic (exact) mass is 704 g/mol. The molecule has 258 valence electrons. The Morgan fingerprint density at radius 1 is 0.364 bits per heavy atom. The number of furan rings is 1. The molecular weight excluding hydrogens is 673 g/mol. The molecule has 0 atom stereocenters. The molecule has 0 aliphatic heterocycles. The van der Waals surface area contributed by atoms with Crippen molar-refractivity contribution in [2.24, 2.45) is 0 Å². The highest BCUT2D eigenvalue weighted by molar-refractivity contribution is 6.19. The molecule has 2 heterocycles. The molecule has 9 aromatic carbocycles. The number of nitrogens with zero attached hydrogens (tertiary/aromatic N) is 2. The van der Waals surface area contributed by atoms with Gasteiger partial charge < -0.3 is 13.7 Å². The van der Waals surface area contributed by atoms with Gasteiger partial charge >= 0.3 is 0 Å². The molecule has 11 rings (SSSR count). The van der Waals surface area contributed by atoms with Gasteiger partial charge in [-0.3, -0.25) is 0 Å². The highest BCUT2D eigenvalue weighted by atomic mass is 16.4. The third-order valence-electron chi connectivity index (χ3n) is 10.7. The second-order valence-corrected chi connectivity index (χ2v) is 13.9. The quantitative estimate of drug-likeness (QED) is 0.162. The summed E-state index contributed by atoms with van der Waals surface area (Å²) < 4.78 is 12.9. The second-order valence-electron chi connectivity index (χ2n) is 13.9. The number of benzene rings is 9. The van der Waals surface area contributed by atoms with Gasteiger partial charge in [-0.25, -0.2) is 4.98 Å². The van der Waals surface area contributed by atoms with Gasteiger partial charge in [0.15, 0.2) is 5.58 Å². The number of fused-ring (bicyclic) bond motifs is 7. The first-order valence-corrected chi connectivity index (χ1v) is 18.5. The molecule has 0 saturated carbocycles. The van der Waals surface area contributed by atoms with Gasteiger partial charge in [-0.2, -0.15) is 0 Å². The lowest BCUT2D eigenvalue weighted by Gasteiger charge is -2.27. The lowest BCUT2D eigenvalue weighted by Crippen LogP contribution is -2.10. The van der Waals surface area contributed by atoms with Gasteiger partial charge in [0.2, 0.25) is 5.89 Å². The summed E-state index contributed by atoms with van der Waals surface area (Å²) >= 11 is 0. The number of para-hydroxylation sites is 1. The average Bonchev–Trinajstić information content (AvgIpc) is 3.85. The van der Waals surface area contributed by atoms with Gasteiger partial charge in [0.05, 0.1) is 0 Å². The smallest absolute Gasteiger partial charge is 0.227 e. The normalized spacial score (nSPS) is 11.6. The molecular formula is C51H32N2O2. The van der Waals surface area contributed by atoms with Crippen LogP contribution >= 0.6 is 0 Å². The van der Waals surface area contributed by atoms with E-state index in [4.69, 9.17) is 13.8 Å². The molecule has 2 aromatic heterocycles. The van der Waals surface area contributed by atoms with Crippen LogP contribution in [0.2, 0.25) is 0 Å². The molecule has 0 radical (unpaired) electrons. The van der Waals surface area contributed by atoms with Crippen molar-refractivity contribution in [2.75, 3.05) is 4.90 Å². The number of oxazole rings is 1. The Labute approximate surface area is 317 Å². The van der Waals surface area contributed by atoms with Crippen LogP contribution in [0, 0.1) is 0 Å². The minimum absolute atomic E-state index is 0.582. The van der Waals surface area contributed by atoms with E-state index >= 15 is 0 Å². The summed E-state index contributed by atoms with van der Waals surface area (Å²) in [5, 5.41) is 6.97. The Hall–Kier alpha value is -7.43. The van der Waals surface area contributed by atoms with E-state index in [0.717, 1.165) is 66.8 Å². The molecule has 0 fully saturated rings. The molecule has 0 spiro atoms. The van der Waals surface area contributed by atoms with Crippen molar-refractivity contribution < 1.29 is 8.83 Å². The minimum atomic E-state index is 0.582. The van der Waals surface area contributed by atoms with Crippen molar-refractivity contribution in [3.05, 3.63) is 194 Å². The fraction of sp³-hybridized carbons (Fsp3) is 0. The Bertz CT molecular complexity index is 3200. The second kappa shape index (κ2) is 12.6. The van der Waals surface area contributed by atoms with Crippen molar-refractivity contribution in [1.82, 2.24) is 4.98 Å². The van der Waals surface area contributed by atoms with Gasteiger partial charge in [-0.05, 0) is 92.8 Å². The SMILES string of the molecule is c1ccc(-c2cccc(N(c3ccc(-c4c5nc(-c6ccccc6)oc5cc5oc6ccccc6c45)cc3)c3ccc4ccc5ccccc5c4c3)c2)cc1. The van der Waals surface area contributed by atoms with E-state index in [1.165, 1.54) is 27.1 Å². The maximum Gasteiger partial charge on any atom is 0.227 e. The summed E-state index contributed by atoms with van der Waals surface area (Å²) in [5.41, 5.74) is 11.6. The maximum atomic E-state index is 6.43. The van der Waals surface area contributed by atoms with E-state index in [0.29, 0.717) is 11.5 Å². The fourth-order valence-electron chi connectivity index (χ4n) is 8.06. The lowest BCUT2D eigenvalue weighted by atomic mass is 9.97. The fourth-order valence-corrected chi connectivity index (χ4v) is 8.06. The van der Waals surface area contributed by atoms with Gasteiger partial charge in [-0.1, -0.05) is 133 Å². The van der Waals surface area contributed by atoms with Crippen molar-refractivity contribution >= 4 is 71.6 Å². The first-order chi connectivity index (χ1) is 27.2. The van der Waals surface area contributed by atoms with Crippen LogP contribution in [0.4, 0.5) is 17.1 Å². The molecule has 0 aliphatic rings. The van der Waals surface area contributed by atoms with Crippen LogP contribution < -0.4 is 4.90 Å². The Balaban J connectivity index is 1.11. The van der Waals surface area contributed by atoms with Gasteiger partial charge in [0, 0.05) is 45.0 Å². The first kappa shape index (κ1) is 31.1. The van der Waals surface area contributed by atoms with Crippen LogP contribution in [-0.2, 0) is 0 Å².